The molecular formula is C22H23NO7. The van der Waals surface area contributed by atoms with E-state index in [-0.39, 0.29) is 31.3 Å². The van der Waals surface area contributed by atoms with Gasteiger partial charge in [-0.1, -0.05) is 0 Å². The number of carbonyl (C=O) groups excluding carboxylic acids is 3. The van der Waals surface area contributed by atoms with Crippen LogP contribution in [0.1, 0.15) is 16.8 Å². The molecule has 1 aliphatic heterocycles. The summed E-state index contributed by atoms with van der Waals surface area (Å²) in [6.07, 6.45) is 0.00471. The maximum atomic E-state index is 12.5. The Labute approximate surface area is 174 Å². The van der Waals surface area contributed by atoms with Crippen molar-refractivity contribution in [2.45, 2.75) is 6.42 Å². The molecule has 1 fully saturated rings. The first-order valence-electron chi connectivity index (χ1n) is 9.33. The van der Waals surface area contributed by atoms with Crippen molar-refractivity contribution < 1.29 is 33.3 Å². The van der Waals surface area contributed by atoms with Crippen LogP contribution in [-0.4, -0.2) is 52.1 Å². The van der Waals surface area contributed by atoms with E-state index in [2.05, 4.69) is 0 Å². The van der Waals surface area contributed by atoms with Crippen molar-refractivity contribution in [2.75, 3.05) is 39.4 Å². The number of benzene rings is 2. The molecule has 0 radical (unpaired) electrons. The Hall–Kier alpha value is -3.55. The van der Waals surface area contributed by atoms with Crippen LogP contribution in [0.4, 0.5) is 5.69 Å². The summed E-state index contributed by atoms with van der Waals surface area (Å²) in [6, 6.07) is 11.6. The normalized spacial score (nSPS) is 15.6. The van der Waals surface area contributed by atoms with Crippen LogP contribution in [0.5, 0.6) is 17.2 Å². The molecular weight excluding hydrogens is 390 g/mol. The van der Waals surface area contributed by atoms with Crippen molar-refractivity contribution in [3.63, 3.8) is 0 Å². The first kappa shape index (κ1) is 21.2. The Morgan fingerprint density at radius 1 is 0.967 bits per heavy atom. The monoisotopic (exact) mass is 413 g/mol. The van der Waals surface area contributed by atoms with Crippen LogP contribution < -0.4 is 19.1 Å². The lowest BCUT2D eigenvalue weighted by atomic mass is 10.1. The molecule has 1 saturated heterocycles. The Bertz CT molecular complexity index is 939. The Morgan fingerprint density at radius 3 is 2.27 bits per heavy atom. The van der Waals surface area contributed by atoms with Gasteiger partial charge in [0.2, 0.25) is 5.91 Å². The van der Waals surface area contributed by atoms with Gasteiger partial charge in [-0.25, -0.2) is 0 Å². The molecule has 2 aromatic rings. The number of esters is 1. The van der Waals surface area contributed by atoms with Crippen LogP contribution >= 0.6 is 0 Å². The molecule has 30 heavy (non-hydrogen) atoms. The van der Waals surface area contributed by atoms with Crippen LogP contribution in [0.15, 0.2) is 42.5 Å². The predicted octanol–water partition coefficient (Wildman–Crippen LogP) is 2.49. The van der Waals surface area contributed by atoms with Crippen molar-refractivity contribution in [3.05, 3.63) is 48.0 Å². The number of Topliss-reactive ketones (excluding diaryl/α,β-unsaturated/α-hetero) is 1. The molecule has 0 spiro atoms. The second-order valence-corrected chi connectivity index (χ2v) is 6.70. The molecule has 2 aromatic carbocycles. The molecule has 0 bridgehead atoms. The molecule has 1 heterocycles. The molecule has 0 saturated carbocycles. The van der Waals surface area contributed by atoms with E-state index in [1.54, 1.807) is 42.5 Å². The highest BCUT2D eigenvalue weighted by atomic mass is 16.5. The first-order valence-corrected chi connectivity index (χ1v) is 9.33. The van der Waals surface area contributed by atoms with E-state index in [1.807, 2.05) is 0 Å². The van der Waals surface area contributed by atoms with Gasteiger partial charge in [-0.2, -0.15) is 0 Å². The Morgan fingerprint density at radius 2 is 1.63 bits per heavy atom. The van der Waals surface area contributed by atoms with E-state index in [0.29, 0.717) is 28.5 Å². The largest absolute Gasteiger partial charge is 0.497 e. The minimum atomic E-state index is -0.659. The van der Waals surface area contributed by atoms with Crippen LogP contribution in [0.2, 0.25) is 0 Å². The van der Waals surface area contributed by atoms with E-state index in [0.717, 1.165) is 0 Å². The molecule has 158 valence electrons. The maximum Gasteiger partial charge on any atom is 0.311 e. The molecule has 1 aliphatic rings. The van der Waals surface area contributed by atoms with E-state index in [1.165, 1.54) is 26.2 Å². The number of anilines is 1. The van der Waals surface area contributed by atoms with Gasteiger partial charge < -0.3 is 23.8 Å². The fraction of sp³-hybridized carbons (Fsp3) is 0.318. The highest BCUT2D eigenvalue weighted by Crippen LogP contribution is 2.36. The van der Waals surface area contributed by atoms with E-state index in [4.69, 9.17) is 18.9 Å². The quantitative estimate of drug-likeness (QED) is 0.485. The molecule has 1 atom stereocenters. The topological polar surface area (TPSA) is 91.4 Å². The van der Waals surface area contributed by atoms with Crippen LogP contribution in [-0.2, 0) is 14.3 Å². The highest BCUT2D eigenvalue weighted by Gasteiger charge is 2.37. The van der Waals surface area contributed by atoms with Gasteiger partial charge in [0.15, 0.2) is 12.4 Å². The van der Waals surface area contributed by atoms with Gasteiger partial charge in [0, 0.05) is 24.6 Å². The summed E-state index contributed by atoms with van der Waals surface area (Å²) >= 11 is 0. The van der Waals surface area contributed by atoms with Gasteiger partial charge in [-0.15, -0.1) is 0 Å². The summed E-state index contributed by atoms with van der Waals surface area (Å²) in [7, 11) is 4.57. The lowest BCUT2D eigenvalue weighted by Crippen LogP contribution is -2.27. The molecule has 8 nitrogen and oxygen atoms in total. The third-order valence-corrected chi connectivity index (χ3v) is 4.89. The fourth-order valence-corrected chi connectivity index (χ4v) is 3.22. The van der Waals surface area contributed by atoms with Gasteiger partial charge >= 0.3 is 5.97 Å². The molecule has 8 heteroatoms. The molecule has 1 amide bonds. The van der Waals surface area contributed by atoms with Crippen LogP contribution in [0.25, 0.3) is 0 Å². The van der Waals surface area contributed by atoms with Crippen molar-refractivity contribution in [1.29, 1.82) is 0 Å². The molecule has 0 aliphatic carbocycles. The molecule has 3 rings (SSSR count). The zero-order chi connectivity index (χ0) is 21.7. The van der Waals surface area contributed by atoms with E-state index < -0.39 is 11.9 Å². The van der Waals surface area contributed by atoms with Gasteiger partial charge in [-0.3, -0.25) is 14.4 Å². The predicted molar refractivity (Wildman–Crippen MR) is 108 cm³/mol. The number of ketones is 1. The zero-order valence-corrected chi connectivity index (χ0v) is 17.0. The first-order chi connectivity index (χ1) is 14.5. The Balaban J connectivity index is 1.61. The zero-order valence-electron chi connectivity index (χ0n) is 17.0. The van der Waals surface area contributed by atoms with E-state index in [9.17, 15) is 14.4 Å². The smallest absolute Gasteiger partial charge is 0.311 e. The number of nitrogens with zero attached hydrogens (tertiary/aromatic N) is 1. The second kappa shape index (κ2) is 9.30. The molecule has 0 unspecified atom stereocenters. The summed E-state index contributed by atoms with van der Waals surface area (Å²) < 4.78 is 20.7. The summed E-state index contributed by atoms with van der Waals surface area (Å²) in [5.41, 5.74) is 0.962. The number of hydrogen-bond donors (Lipinski definition) is 0. The minimum Gasteiger partial charge on any atom is -0.497 e. The number of methoxy groups -OCH3 is 3. The summed E-state index contributed by atoms with van der Waals surface area (Å²) in [5.74, 6) is -0.109. The summed E-state index contributed by atoms with van der Waals surface area (Å²) in [6.45, 7) is -0.237. The maximum absolute atomic E-state index is 12.5. The summed E-state index contributed by atoms with van der Waals surface area (Å²) in [5, 5.41) is 0. The minimum absolute atomic E-state index is 0.00471. The van der Waals surface area contributed by atoms with Gasteiger partial charge in [0.05, 0.1) is 32.9 Å². The van der Waals surface area contributed by atoms with Crippen LogP contribution in [0.3, 0.4) is 0 Å². The molecule has 0 aromatic heterocycles. The number of rotatable bonds is 8. The summed E-state index contributed by atoms with van der Waals surface area (Å²) in [4.78, 5) is 38.6. The van der Waals surface area contributed by atoms with Crippen molar-refractivity contribution >= 4 is 23.3 Å². The third kappa shape index (κ3) is 4.53. The van der Waals surface area contributed by atoms with Gasteiger partial charge in [-0.05, 0) is 36.4 Å². The van der Waals surface area contributed by atoms with Crippen molar-refractivity contribution in [3.8, 4) is 17.2 Å². The van der Waals surface area contributed by atoms with E-state index >= 15 is 0 Å². The van der Waals surface area contributed by atoms with Crippen molar-refractivity contribution in [1.82, 2.24) is 0 Å². The average Bonchev–Trinajstić information content (AvgIpc) is 3.18. The van der Waals surface area contributed by atoms with Gasteiger partial charge in [0.1, 0.15) is 17.2 Å². The fourth-order valence-electron chi connectivity index (χ4n) is 3.22. The standard InChI is InChI=1S/C22H23NO7/c1-27-16-6-4-14(5-7-16)19(24)13-30-22(26)15-10-21(25)23(12-15)18-9-8-17(28-2)11-20(18)29-3/h4-9,11,15H,10,12-13H2,1-3H3/t15-/m0/s1. The second-order valence-electron chi connectivity index (χ2n) is 6.70. The number of hydrogen-bond acceptors (Lipinski definition) is 7. The molecule has 0 N–H and O–H groups in total. The number of amides is 1. The number of ether oxygens (including phenoxy) is 4. The van der Waals surface area contributed by atoms with Gasteiger partial charge in [0.25, 0.3) is 0 Å². The lowest BCUT2D eigenvalue weighted by Gasteiger charge is -2.20. The SMILES string of the molecule is COc1ccc(C(=O)COC(=O)[C@H]2CC(=O)N(c3ccc(OC)cc3OC)C2)cc1. The average molecular weight is 413 g/mol. The lowest BCUT2D eigenvalue weighted by molar-refractivity contribution is -0.147. The highest BCUT2D eigenvalue weighted by molar-refractivity contribution is 6.01. The third-order valence-electron chi connectivity index (χ3n) is 4.89. The number of carbonyl (C=O) groups is 3. The Kier molecular flexibility index (Phi) is 6.56. The van der Waals surface area contributed by atoms with Crippen LogP contribution in [0, 0.1) is 5.92 Å². The van der Waals surface area contributed by atoms with Crippen molar-refractivity contribution in [2.24, 2.45) is 5.92 Å².